The standard InChI is InChI=1S/C23H25N3O3S3/c1-3-13-9-11-14(12-10-13)26-19(24)18(32-23(26)30)20(27)25-21-17(22(28)29-4-2)15-7-5-6-8-16(15)31-21/h9-12H,3-8,24H2,1-2H3,(H,25,27). The van der Waals surface area contributed by atoms with Crippen molar-refractivity contribution in [1.82, 2.24) is 4.57 Å². The summed E-state index contributed by atoms with van der Waals surface area (Å²) in [5, 5.41) is 3.45. The molecule has 6 nitrogen and oxygen atoms in total. The van der Waals surface area contributed by atoms with Crippen LogP contribution in [-0.2, 0) is 24.0 Å². The number of nitrogen functional groups attached to an aromatic ring is 1. The molecule has 2 heterocycles. The van der Waals surface area contributed by atoms with Gasteiger partial charge in [0.05, 0.1) is 12.2 Å². The number of aromatic nitrogens is 1. The number of amides is 1. The van der Waals surface area contributed by atoms with Gasteiger partial charge < -0.3 is 15.8 Å². The van der Waals surface area contributed by atoms with Gasteiger partial charge in [-0.25, -0.2) is 4.79 Å². The van der Waals surface area contributed by atoms with Gasteiger partial charge in [-0.2, -0.15) is 0 Å². The van der Waals surface area contributed by atoms with Gasteiger partial charge in [-0.1, -0.05) is 30.4 Å². The fourth-order valence-electron chi connectivity index (χ4n) is 3.91. The van der Waals surface area contributed by atoms with Crippen LogP contribution >= 0.6 is 34.9 Å². The molecule has 1 aliphatic rings. The van der Waals surface area contributed by atoms with Crippen LogP contribution in [0.3, 0.4) is 0 Å². The molecule has 9 heteroatoms. The van der Waals surface area contributed by atoms with Crippen molar-refractivity contribution in [2.24, 2.45) is 0 Å². The maximum absolute atomic E-state index is 13.2. The van der Waals surface area contributed by atoms with E-state index in [4.69, 9.17) is 22.7 Å². The van der Waals surface area contributed by atoms with Gasteiger partial charge in [0.15, 0.2) is 3.95 Å². The normalized spacial score (nSPS) is 12.9. The summed E-state index contributed by atoms with van der Waals surface area (Å²) in [6.45, 7) is 4.15. The number of carbonyl (C=O) groups excluding carboxylic acids is 2. The van der Waals surface area contributed by atoms with Crippen LogP contribution in [0.25, 0.3) is 5.69 Å². The molecule has 1 aromatic carbocycles. The fourth-order valence-corrected chi connectivity index (χ4v) is 6.44. The number of esters is 1. The molecular weight excluding hydrogens is 462 g/mol. The van der Waals surface area contributed by atoms with Crippen molar-refractivity contribution in [3.05, 3.63) is 54.7 Å². The van der Waals surface area contributed by atoms with Crippen LogP contribution in [0, 0.1) is 3.95 Å². The van der Waals surface area contributed by atoms with E-state index in [9.17, 15) is 9.59 Å². The highest BCUT2D eigenvalue weighted by Crippen LogP contribution is 2.39. The third-order valence-electron chi connectivity index (χ3n) is 5.53. The SMILES string of the molecule is CCOC(=O)c1c(NC(=O)c2sc(=S)n(-c3ccc(CC)cc3)c2N)sc2c1CCCC2. The van der Waals surface area contributed by atoms with E-state index in [1.54, 1.807) is 11.5 Å². The zero-order chi connectivity index (χ0) is 22.8. The summed E-state index contributed by atoms with van der Waals surface area (Å²) in [4.78, 5) is 27.3. The highest BCUT2D eigenvalue weighted by Gasteiger charge is 2.28. The van der Waals surface area contributed by atoms with E-state index in [-0.39, 0.29) is 12.5 Å². The molecule has 1 aliphatic carbocycles. The lowest BCUT2D eigenvalue weighted by Gasteiger charge is -2.12. The maximum atomic E-state index is 13.2. The lowest BCUT2D eigenvalue weighted by molar-refractivity contribution is 0.0526. The van der Waals surface area contributed by atoms with Crippen LogP contribution in [0.4, 0.5) is 10.8 Å². The minimum Gasteiger partial charge on any atom is -0.462 e. The molecule has 0 aliphatic heterocycles. The Labute approximate surface area is 200 Å². The Morgan fingerprint density at radius 2 is 1.88 bits per heavy atom. The van der Waals surface area contributed by atoms with Gasteiger partial charge >= 0.3 is 5.97 Å². The second kappa shape index (κ2) is 9.56. The number of hydrogen-bond donors (Lipinski definition) is 2. The second-order valence-electron chi connectivity index (χ2n) is 7.53. The smallest absolute Gasteiger partial charge is 0.341 e. The number of nitrogens with zero attached hydrogens (tertiary/aromatic N) is 1. The molecular formula is C23H25N3O3S3. The third kappa shape index (κ3) is 4.24. The number of thiophene rings is 1. The van der Waals surface area contributed by atoms with E-state index in [2.05, 4.69) is 12.2 Å². The number of fused-ring (bicyclic) bond motifs is 1. The number of benzene rings is 1. The van der Waals surface area contributed by atoms with Crippen LogP contribution in [0.1, 0.15) is 62.7 Å². The third-order valence-corrected chi connectivity index (χ3v) is 8.13. The minimum atomic E-state index is -0.392. The molecule has 4 rings (SSSR count). The Hall–Kier alpha value is -2.49. The van der Waals surface area contributed by atoms with Gasteiger partial charge in [-0.3, -0.25) is 9.36 Å². The quantitative estimate of drug-likeness (QED) is 0.340. The first-order valence-electron chi connectivity index (χ1n) is 10.7. The van der Waals surface area contributed by atoms with Crippen LogP contribution in [0.5, 0.6) is 0 Å². The number of thiazole rings is 1. The summed E-state index contributed by atoms with van der Waals surface area (Å²) in [6.07, 6.45) is 4.77. The molecule has 0 atom stereocenters. The first kappa shape index (κ1) is 22.7. The van der Waals surface area contributed by atoms with Crippen molar-refractivity contribution in [2.45, 2.75) is 46.0 Å². The first-order chi connectivity index (χ1) is 15.4. The molecule has 0 fully saturated rings. The van der Waals surface area contributed by atoms with Crippen LogP contribution in [-0.4, -0.2) is 23.1 Å². The van der Waals surface area contributed by atoms with E-state index >= 15 is 0 Å². The predicted octanol–water partition coefficient (Wildman–Crippen LogP) is 5.78. The molecule has 0 radical (unpaired) electrons. The number of rotatable bonds is 6. The molecule has 1 amide bonds. The number of nitrogens with one attached hydrogen (secondary N) is 1. The lowest BCUT2D eigenvalue weighted by Crippen LogP contribution is -2.16. The van der Waals surface area contributed by atoms with Gasteiger partial charge in [0, 0.05) is 10.6 Å². The average Bonchev–Trinajstić information content (AvgIpc) is 3.30. The predicted molar refractivity (Wildman–Crippen MR) is 133 cm³/mol. The molecule has 32 heavy (non-hydrogen) atoms. The largest absolute Gasteiger partial charge is 0.462 e. The van der Waals surface area contributed by atoms with Crippen LogP contribution in [0.15, 0.2) is 24.3 Å². The summed E-state index contributed by atoms with van der Waals surface area (Å²) in [7, 11) is 0. The van der Waals surface area contributed by atoms with E-state index in [0.29, 0.717) is 25.2 Å². The van der Waals surface area contributed by atoms with E-state index < -0.39 is 5.97 Å². The van der Waals surface area contributed by atoms with Crippen molar-refractivity contribution >= 4 is 57.6 Å². The number of nitrogens with two attached hydrogens (primary N) is 1. The van der Waals surface area contributed by atoms with Crippen molar-refractivity contribution in [1.29, 1.82) is 0 Å². The van der Waals surface area contributed by atoms with E-state index in [0.717, 1.165) is 59.6 Å². The zero-order valence-corrected chi connectivity index (χ0v) is 20.5. The Balaban J connectivity index is 1.67. The summed E-state index contributed by atoms with van der Waals surface area (Å²) >= 11 is 8.13. The van der Waals surface area contributed by atoms with Gasteiger partial charge in [-0.05, 0) is 74.5 Å². The number of hydrogen-bond acceptors (Lipinski definition) is 7. The Morgan fingerprint density at radius 1 is 1.16 bits per heavy atom. The van der Waals surface area contributed by atoms with Gasteiger partial charge in [-0.15, -0.1) is 11.3 Å². The number of aryl methyl sites for hydroxylation is 2. The molecule has 0 saturated carbocycles. The van der Waals surface area contributed by atoms with Crippen molar-refractivity contribution in [3.8, 4) is 5.69 Å². The number of ether oxygens (including phenoxy) is 1. The Kier molecular flexibility index (Phi) is 6.78. The topological polar surface area (TPSA) is 86.3 Å². The van der Waals surface area contributed by atoms with E-state index in [1.165, 1.54) is 16.9 Å². The van der Waals surface area contributed by atoms with E-state index in [1.807, 2.05) is 24.3 Å². The minimum absolute atomic E-state index is 0.283. The van der Waals surface area contributed by atoms with Crippen molar-refractivity contribution < 1.29 is 14.3 Å². The Morgan fingerprint density at radius 3 is 2.56 bits per heavy atom. The molecule has 168 valence electrons. The summed E-state index contributed by atoms with van der Waals surface area (Å²) in [6, 6.07) is 7.95. The molecule has 2 aromatic heterocycles. The zero-order valence-electron chi connectivity index (χ0n) is 18.0. The molecule has 0 spiro atoms. The average molecular weight is 488 g/mol. The number of anilines is 2. The maximum Gasteiger partial charge on any atom is 0.341 e. The van der Waals surface area contributed by atoms with Crippen molar-refractivity contribution in [2.75, 3.05) is 17.7 Å². The summed E-state index contributed by atoms with van der Waals surface area (Å²) in [5.74, 6) is -0.469. The highest BCUT2D eigenvalue weighted by molar-refractivity contribution is 7.73. The molecule has 0 unspecified atom stereocenters. The second-order valence-corrected chi connectivity index (χ2v) is 10.3. The molecule has 0 bridgehead atoms. The lowest BCUT2D eigenvalue weighted by atomic mass is 9.95. The van der Waals surface area contributed by atoms with Gasteiger partial charge in [0.1, 0.15) is 15.7 Å². The number of carbonyl (C=O) groups is 2. The first-order valence-corrected chi connectivity index (χ1v) is 12.7. The fraction of sp³-hybridized carbons (Fsp3) is 0.348. The van der Waals surface area contributed by atoms with Gasteiger partial charge in [0.25, 0.3) is 5.91 Å². The summed E-state index contributed by atoms with van der Waals surface area (Å²) in [5.41, 5.74) is 9.88. The van der Waals surface area contributed by atoms with Crippen LogP contribution in [0.2, 0.25) is 0 Å². The summed E-state index contributed by atoms with van der Waals surface area (Å²) < 4.78 is 7.48. The van der Waals surface area contributed by atoms with Crippen molar-refractivity contribution in [3.63, 3.8) is 0 Å². The van der Waals surface area contributed by atoms with Gasteiger partial charge in [0.2, 0.25) is 0 Å². The molecule has 0 saturated heterocycles. The Bertz CT molecular complexity index is 1220. The molecule has 3 aromatic rings. The monoisotopic (exact) mass is 487 g/mol. The molecule has 3 N–H and O–H groups in total. The van der Waals surface area contributed by atoms with Crippen LogP contribution < -0.4 is 11.1 Å². The highest BCUT2D eigenvalue weighted by atomic mass is 32.1.